The Balaban J connectivity index is 1.50. The molecule has 3 aromatic carbocycles. The van der Waals surface area contributed by atoms with Crippen LogP contribution in [0, 0.1) is 11.3 Å². The average molecular weight is 576 g/mol. The third kappa shape index (κ3) is 6.63. The third-order valence-electron chi connectivity index (χ3n) is 7.94. The third-order valence-corrected chi connectivity index (χ3v) is 8.20. The molecule has 2 atom stereocenters. The first-order valence-corrected chi connectivity index (χ1v) is 14.2. The number of aliphatic hydroxyl groups is 1. The molecule has 8 heteroatoms. The summed E-state index contributed by atoms with van der Waals surface area (Å²) >= 11 is 6.06. The second-order valence-corrected chi connectivity index (χ2v) is 12.2. The molecule has 3 amide bonds. The minimum Gasteiger partial charge on any atom is -0.384 e. The van der Waals surface area contributed by atoms with E-state index >= 15 is 0 Å². The maximum absolute atomic E-state index is 13.8. The van der Waals surface area contributed by atoms with Gasteiger partial charge in [-0.05, 0) is 65.4 Å². The molecule has 0 saturated carbocycles. The van der Waals surface area contributed by atoms with Gasteiger partial charge in [0.2, 0.25) is 11.8 Å². The van der Waals surface area contributed by atoms with Crippen LogP contribution in [0.5, 0.6) is 0 Å². The fourth-order valence-corrected chi connectivity index (χ4v) is 5.65. The van der Waals surface area contributed by atoms with Crippen LogP contribution >= 0.6 is 11.6 Å². The minimum atomic E-state index is -1.12. The van der Waals surface area contributed by atoms with Crippen molar-refractivity contribution in [1.82, 2.24) is 10.2 Å². The van der Waals surface area contributed by atoms with Crippen LogP contribution in [0.4, 0.5) is 5.69 Å². The lowest BCUT2D eigenvalue weighted by atomic mass is 9.66. The van der Waals surface area contributed by atoms with Crippen molar-refractivity contribution in [2.24, 2.45) is 11.3 Å². The maximum Gasteiger partial charge on any atom is 0.251 e. The maximum atomic E-state index is 13.8. The van der Waals surface area contributed by atoms with E-state index in [9.17, 15) is 19.5 Å². The Morgan fingerprint density at radius 2 is 1.59 bits per heavy atom. The fraction of sp³-hybridized carbons (Fsp3) is 0.364. The zero-order valence-electron chi connectivity index (χ0n) is 24.2. The smallest absolute Gasteiger partial charge is 0.251 e. The molecule has 0 radical (unpaired) electrons. The number of halogens is 1. The van der Waals surface area contributed by atoms with Gasteiger partial charge in [0.05, 0.1) is 5.60 Å². The van der Waals surface area contributed by atoms with Gasteiger partial charge in [0.25, 0.3) is 5.91 Å². The largest absolute Gasteiger partial charge is 0.384 e. The minimum absolute atomic E-state index is 0.149. The highest BCUT2D eigenvalue weighted by Gasteiger charge is 2.50. The van der Waals surface area contributed by atoms with Crippen LogP contribution < -0.4 is 10.6 Å². The molecule has 0 bridgehead atoms. The van der Waals surface area contributed by atoms with E-state index in [0.29, 0.717) is 35.8 Å². The van der Waals surface area contributed by atoms with E-state index in [2.05, 4.69) is 10.6 Å². The Kier molecular flexibility index (Phi) is 8.90. The second-order valence-electron chi connectivity index (χ2n) is 11.8. The van der Waals surface area contributed by atoms with Gasteiger partial charge in [0.15, 0.2) is 0 Å². The summed E-state index contributed by atoms with van der Waals surface area (Å²) in [7, 11) is 0. The first-order valence-electron chi connectivity index (χ1n) is 13.9. The van der Waals surface area contributed by atoms with Gasteiger partial charge in [-0.2, -0.15) is 0 Å². The average Bonchev–Trinajstić information content (AvgIpc) is 2.92. The number of hydrogen-bond acceptors (Lipinski definition) is 4. The molecular weight excluding hydrogens is 538 g/mol. The van der Waals surface area contributed by atoms with Gasteiger partial charge in [-0.1, -0.05) is 75.7 Å². The van der Waals surface area contributed by atoms with Gasteiger partial charge < -0.3 is 20.6 Å². The van der Waals surface area contributed by atoms with E-state index in [1.165, 1.54) is 6.92 Å². The molecule has 1 aliphatic heterocycles. The number of amides is 3. The molecule has 1 aliphatic rings. The Morgan fingerprint density at radius 3 is 2.20 bits per heavy atom. The summed E-state index contributed by atoms with van der Waals surface area (Å²) in [5, 5.41) is 18.1. The highest BCUT2D eigenvalue weighted by molar-refractivity contribution is 6.30. The molecule has 216 valence electrons. The Bertz CT molecular complexity index is 1440. The Hall–Kier alpha value is -3.68. The number of nitrogens with one attached hydrogen (secondary N) is 2. The number of piperidine rings is 1. The first-order chi connectivity index (χ1) is 19.3. The molecule has 0 spiro atoms. The highest BCUT2D eigenvalue weighted by atomic mass is 35.5. The molecular formula is C33H38ClN3O4. The number of rotatable bonds is 7. The lowest BCUT2D eigenvalue weighted by Crippen LogP contribution is -2.60. The molecule has 1 saturated heterocycles. The lowest BCUT2D eigenvalue weighted by molar-refractivity contribution is -0.155. The number of carbonyl (C=O) groups excluding carboxylic acids is 3. The van der Waals surface area contributed by atoms with Gasteiger partial charge in [-0.3, -0.25) is 14.4 Å². The summed E-state index contributed by atoms with van der Waals surface area (Å²) in [5.74, 6) is -0.819. The summed E-state index contributed by atoms with van der Waals surface area (Å²) in [4.78, 5) is 40.4. The van der Waals surface area contributed by atoms with Crippen LogP contribution in [0.2, 0.25) is 5.02 Å². The monoisotopic (exact) mass is 575 g/mol. The van der Waals surface area contributed by atoms with Gasteiger partial charge in [-0.25, -0.2) is 0 Å². The van der Waals surface area contributed by atoms with E-state index < -0.39 is 17.1 Å². The molecule has 7 nitrogen and oxygen atoms in total. The van der Waals surface area contributed by atoms with Crippen LogP contribution in [0.1, 0.15) is 57.0 Å². The molecule has 1 heterocycles. The fourth-order valence-electron chi connectivity index (χ4n) is 5.53. The summed E-state index contributed by atoms with van der Waals surface area (Å²) in [6.07, 6.45) is 0.367. The second kappa shape index (κ2) is 12.0. The summed E-state index contributed by atoms with van der Waals surface area (Å²) in [6.45, 7) is 9.88. The van der Waals surface area contributed by atoms with Gasteiger partial charge in [-0.15, -0.1) is 0 Å². The molecule has 0 aliphatic carbocycles. The van der Waals surface area contributed by atoms with Crippen LogP contribution in [0.15, 0.2) is 72.8 Å². The van der Waals surface area contributed by atoms with Crippen LogP contribution in [0.3, 0.4) is 0 Å². The highest BCUT2D eigenvalue weighted by Crippen LogP contribution is 2.46. The summed E-state index contributed by atoms with van der Waals surface area (Å²) < 4.78 is 0. The van der Waals surface area contributed by atoms with Crippen molar-refractivity contribution >= 4 is 35.0 Å². The van der Waals surface area contributed by atoms with Crippen molar-refractivity contribution in [3.8, 4) is 11.1 Å². The molecule has 1 fully saturated rings. The van der Waals surface area contributed by atoms with Crippen LogP contribution in [0.25, 0.3) is 11.1 Å². The lowest BCUT2D eigenvalue weighted by Gasteiger charge is -2.51. The number of anilines is 1. The summed E-state index contributed by atoms with van der Waals surface area (Å²) in [5.41, 5.74) is 1.78. The Labute approximate surface area is 246 Å². The molecule has 4 rings (SSSR count). The van der Waals surface area contributed by atoms with Crippen LogP contribution in [-0.4, -0.2) is 46.9 Å². The number of benzene rings is 3. The van der Waals surface area contributed by atoms with E-state index in [-0.39, 0.29) is 23.6 Å². The zero-order chi connectivity index (χ0) is 29.9. The van der Waals surface area contributed by atoms with Gasteiger partial charge >= 0.3 is 0 Å². The van der Waals surface area contributed by atoms with Crippen molar-refractivity contribution < 1.29 is 19.5 Å². The van der Waals surface area contributed by atoms with Gasteiger partial charge in [0.1, 0.15) is 6.04 Å². The number of nitrogens with zero attached hydrogens (tertiary/aromatic N) is 1. The van der Waals surface area contributed by atoms with Crippen molar-refractivity contribution in [3.05, 3.63) is 88.9 Å². The topological polar surface area (TPSA) is 98.7 Å². The van der Waals surface area contributed by atoms with E-state index in [1.54, 1.807) is 41.3 Å². The van der Waals surface area contributed by atoms with Crippen molar-refractivity contribution in [2.75, 3.05) is 18.4 Å². The molecule has 3 aromatic rings. The molecule has 0 aromatic heterocycles. The number of carbonyl (C=O) groups is 3. The molecule has 41 heavy (non-hydrogen) atoms. The van der Waals surface area contributed by atoms with Crippen LogP contribution in [-0.2, 0) is 15.2 Å². The molecule has 3 N–H and O–H groups in total. The number of hydrogen-bond donors (Lipinski definition) is 3. The van der Waals surface area contributed by atoms with Crippen molar-refractivity contribution in [3.63, 3.8) is 0 Å². The van der Waals surface area contributed by atoms with E-state index in [0.717, 1.165) is 16.7 Å². The first kappa shape index (κ1) is 30.3. The molecule has 0 unspecified atom stereocenters. The van der Waals surface area contributed by atoms with Crippen molar-refractivity contribution in [2.45, 2.75) is 52.7 Å². The normalized spacial score (nSPS) is 19.0. The predicted molar refractivity (Wildman–Crippen MR) is 163 cm³/mol. The quantitative estimate of drug-likeness (QED) is 0.328. The SMILES string of the molecule is CC(=O)Nc1cccc(-c2cccc(C(=O)N[C@@H](C(=O)N3CC[C@](O)(c4ccc(Cl)cc4)C(C)(C)C3)C(C)C)c2)c1. The van der Waals surface area contributed by atoms with Gasteiger partial charge in [0, 0.05) is 41.7 Å². The number of likely N-dealkylation sites (tertiary alicyclic amines) is 1. The standard InChI is InChI=1S/C33H38ClN3O4/c1-21(2)29(31(40)37-17-16-33(41,32(4,5)20-37)26-12-14-27(34)15-13-26)36-30(39)25-10-6-8-23(18-25)24-9-7-11-28(19-24)35-22(3)38/h6-15,18-19,21,29,41H,16-17,20H2,1-5H3,(H,35,38)(H,36,39)/t29-,33+/m1/s1. The predicted octanol–water partition coefficient (Wildman–Crippen LogP) is 5.87. The van der Waals surface area contributed by atoms with Crippen molar-refractivity contribution in [1.29, 1.82) is 0 Å². The van der Waals surface area contributed by atoms with E-state index in [1.807, 2.05) is 64.1 Å². The zero-order valence-corrected chi connectivity index (χ0v) is 25.0. The van der Waals surface area contributed by atoms with E-state index in [4.69, 9.17) is 11.6 Å². The Morgan fingerprint density at radius 1 is 0.951 bits per heavy atom. The summed E-state index contributed by atoms with van der Waals surface area (Å²) in [6, 6.07) is 21.1.